The molecule has 0 aromatic heterocycles. The molecule has 1 rings (SSSR count). The number of rotatable bonds is 5. The van der Waals surface area contributed by atoms with Crippen molar-refractivity contribution in [1.29, 1.82) is 0 Å². The van der Waals surface area contributed by atoms with Gasteiger partial charge in [-0.3, -0.25) is 5.32 Å². The fraction of sp³-hybridized carbons (Fsp3) is 0.333. The summed E-state index contributed by atoms with van der Waals surface area (Å²) in [5, 5.41) is 11.2. The van der Waals surface area contributed by atoms with Gasteiger partial charge >= 0.3 is 12.1 Å². The lowest BCUT2D eigenvalue weighted by Gasteiger charge is -2.12. The molecule has 1 amide bonds. The second-order valence-electron chi connectivity index (χ2n) is 3.36. The zero-order valence-corrected chi connectivity index (χ0v) is 9.96. The number of ether oxygens (including phenoxy) is 2. The van der Waals surface area contributed by atoms with Crippen molar-refractivity contribution in [1.82, 2.24) is 5.32 Å². The normalized spacial score (nSPS) is 11.4. The molecule has 98 valence electrons. The van der Waals surface area contributed by atoms with E-state index in [2.05, 4.69) is 4.74 Å². The molecule has 18 heavy (non-hydrogen) atoms. The van der Waals surface area contributed by atoms with E-state index in [4.69, 9.17) is 4.74 Å². The number of esters is 1. The van der Waals surface area contributed by atoms with E-state index in [0.717, 1.165) is 5.56 Å². The van der Waals surface area contributed by atoms with Crippen LogP contribution in [0, 0.1) is 0 Å². The molecule has 1 atom stereocenters. The van der Waals surface area contributed by atoms with Crippen LogP contribution in [0.2, 0.25) is 0 Å². The molecule has 0 aliphatic rings. The molecule has 0 aliphatic carbocycles. The van der Waals surface area contributed by atoms with Crippen molar-refractivity contribution >= 4 is 12.1 Å². The highest BCUT2D eigenvalue weighted by Crippen LogP contribution is 2.01. The van der Waals surface area contributed by atoms with Gasteiger partial charge in [-0.1, -0.05) is 30.3 Å². The van der Waals surface area contributed by atoms with Crippen LogP contribution in [-0.4, -0.2) is 30.0 Å². The summed E-state index contributed by atoms with van der Waals surface area (Å²) >= 11 is 0. The van der Waals surface area contributed by atoms with Crippen LogP contribution in [0.5, 0.6) is 0 Å². The molecule has 1 aromatic carbocycles. The Morgan fingerprint density at radius 2 is 1.94 bits per heavy atom. The Kier molecular flexibility index (Phi) is 5.66. The average Bonchev–Trinajstić information content (AvgIpc) is 2.37. The fourth-order valence-electron chi connectivity index (χ4n) is 1.15. The minimum Gasteiger partial charge on any atom is -0.457 e. The van der Waals surface area contributed by atoms with Crippen LogP contribution in [0.15, 0.2) is 30.3 Å². The number of nitrogens with one attached hydrogen (secondary N) is 1. The molecule has 0 aliphatic heterocycles. The van der Waals surface area contributed by atoms with E-state index in [-0.39, 0.29) is 13.2 Å². The predicted octanol–water partition coefficient (Wildman–Crippen LogP) is 0.794. The number of carbonyl (C=O) groups is 2. The maximum atomic E-state index is 11.3. The number of hydrogen-bond donors (Lipinski definition) is 2. The Morgan fingerprint density at radius 1 is 1.28 bits per heavy atom. The molecule has 0 heterocycles. The van der Waals surface area contributed by atoms with E-state index in [1.165, 1.54) is 0 Å². The second kappa shape index (κ2) is 7.29. The molecule has 0 bridgehead atoms. The van der Waals surface area contributed by atoms with Crippen molar-refractivity contribution in [3.8, 4) is 0 Å². The lowest BCUT2D eigenvalue weighted by atomic mass is 10.2. The molecule has 6 heteroatoms. The Morgan fingerprint density at radius 3 is 2.56 bits per heavy atom. The van der Waals surface area contributed by atoms with Gasteiger partial charge in [0.15, 0.2) is 0 Å². The average molecular weight is 253 g/mol. The maximum Gasteiger partial charge on any atom is 0.409 e. The molecule has 0 saturated carbocycles. The standard InChI is InChI=1S/C12H15NO5/c1-2-17-12(16)13-10(14)11(15)18-8-9-6-4-3-5-7-9/h3-7,10,14H,2,8H2,1H3,(H,13,16). The number of amides is 1. The quantitative estimate of drug-likeness (QED) is 0.598. The summed E-state index contributed by atoms with van der Waals surface area (Å²) in [5.41, 5.74) is 0.786. The first kappa shape index (κ1) is 14.0. The van der Waals surface area contributed by atoms with Crippen LogP contribution in [0.4, 0.5) is 4.79 Å². The molecular weight excluding hydrogens is 238 g/mol. The van der Waals surface area contributed by atoms with Crippen LogP contribution in [-0.2, 0) is 20.9 Å². The zero-order valence-electron chi connectivity index (χ0n) is 9.96. The van der Waals surface area contributed by atoms with Gasteiger partial charge in [0.05, 0.1) is 6.61 Å². The van der Waals surface area contributed by atoms with Gasteiger partial charge in [0.2, 0.25) is 6.23 Å². The van der Waals surface area contributed by atoms with Crippen LogP contribution in [0.25, 0.3) is 0 Å². The van der Waals surface area contributed by atoms with Crippen molar-refractivity contribution in [2.75, 3.05) is 6.61 Å². The van der Waals surface area contributed by atoms with Crippen molar-refractivity contribution in [3.63, 3.8) is 0 Å². The Balaban J connectivity index is 2.34. The van der Waals surface area contributed by atoms with E-state index >= 15 is 0 Å². The molecule has 0 spiro atoms. The third-order valence-corrected chi connectivity index (χ3v) is 1.98. The number of alkyl carbamates (subject to hydrolysis) is 1. The first-order valence-electron chi connectivity index (χ1n) is 5.45. The van der Waals surface area contributed by atoms with E-state index in [9.17, 15) is 14.7 Å². The van der Waals surface area contributed by atoms with Crippen molar-refractivity contribution in [2.45, 2.75) is 19.8 Å². The Labute approximate surface area is 105 Å². The smallest absolute Gasteiger partial charge is 0.409 e. The number of aliphatic hydroxyl groups excluding tert-OH is 1. The van der Waals surface area contributed by atoms with Crippen LogP contribution < -0.4 is 5.32 Å². The van der Waals surface area contributed by atoms with E-state index in [1.807, 2.05) is 11.4 Å². The summed E-state index contributed by atoms with van der Waals surface area (Å²) in [4.78, 5) is 22.2. The van der Waals surface area contributed by atoms with Gasteiger partial charge in [0, 0.05) is 0 Å². The SMILES string of the molecule is CCOC(=O)NC(O)C(=O)OCc1ccccc1. The van der Waals surface area contributed by atoms with Gasteiger partial charge in [0.25, 0.3) is 0 Å². The third kappa shape index (κ3) is 4.84. The first-order chi connectivity index (χ1) is 8.63. The third-order valence-electron chi connectivity index (χ3n) is 1.98. The highest BCUT2D eigenvalue weighted by Gasteiger charge is 2.19. The molecular formula is C12H15NO5. The molecule has 1 aromatic rings. The van der Waals surface area contributed by atoms with E-state index < -0.39 is 18.3 Å². The van der Waals surface area contributed by atoms with E-state index in [1.54, 1.807) is 31.2 Å². The number of hydrogen-bond acceptors (Lipinski definition) is 5. The maximum absolute atomic E-state index is 11.3. The summed E-state index contributed by atoms with van der Waals surface area (Å²) in [5.74, 6) is -0.938. The van der Waals surface area contributed by atoms with Gasteiger partial charge in [0.1, 0.15) is 6.61 Å². The predicted molar refractivity (Wildman–Crippen MR) is 62.4 cm³/mol. The first-order valence-corrected chi connectivity index (χ1v) is 5.45. The lowest BCUT2D eigenvalue weighted by Crippen LogP contribution is -2.41. The number of benzene rings is 1. The number of carbonyl (C=O) groups excluding carboxylic acids is 2. The van der Waals surface area contributed by atoms with Crippen LogP contribution in [0.3, 0.4) is 0 Å². The monoisotopic (exact) mass is 253 g/mol. The molecule has 0 saturated heterocycles. The van der Waals surface area contributed by atoms with Gasteiger partial charge < -0.3 is 14.6 Å². The van der Waals surface area contributed by atoms with Crippen molar-refractivity contribution in [2.24, 2.45) is 0 Å². The summed E-state index contributed by atoms with van der Waals surface area (Å²) in [6.07, 6.45) is -2.60. The molecule has 1 unspecified atom stereocenters. The Hall–Kier alpha value is -2.08. The summed E-state index contributed by atoms with van der Waals surface area (Å²) in [7, 11) is 0. The lowest BCUT2D eigenvalue weighted by molar-refractivity contribution is -0.156. The highest BCUT2D eigenvalue weighted by atomic mass is 16.6. The summed E-state index contributed by atoms with van der Waals surface area (Å²) in [6.45, 7) is 1.79. The molecule has 0 radical (unpaired) electrons. The van der Waals surface area contributed by atoms with Crippen LogP contribution in [0.1, 0.15) is 12.5 Å². The van der Waals surface area contributed by atoms with Gasteiger partial charge in [-0.05, 0) is 12.5 Å². The topological polar surface area (TPSA) is 84.9 Å². The van der Waals surface area contributed by atoms with Crippen molar-refractivity contribution < 1.29 is 24.2 Å². The van der Waals surface area contributed by atoms with Gasteiger partial charge in [-0.15, -0.1) is 0 Å². The van der Waals surface area contributed by atoms with Crippen LogP contribution >= 0.6 is 0 Å². The highest BCUT2D eigenvalue weighted by molar-refractivity contribution is 5.79. The Bertz CT molecular complexity index is 393. The van der Waals surface area contributed by atoms with Gasteiger partial charge in [-0.2, -0.15) is 0 Å². The minimum absolute atomic E-state index is 0.0290. The largest absolute Gasteiger partial charge is 0.457 e. The molecule has 0 fully saturated rings. The second-order valence-corrected chi connectivity index (χ2v) is 3.36. The molecule has 6 nitrogen and oxygen atoms in total. The zero-order chi connectivity index (χ0) is 13.4. The number of aliphatic hydroxyl groups is 1. The summed E-state index contributed by atoms with van der Waals surface area (Å²) < 4.78 is 9.32. The van der Waals surface area contributed by atoms with E-state index in [0.29, 0.717) is 0 Å². The van der Waals surface area contributed by atoms with Crippen molar-refractivity contribution in [3.05, 3.63) is 35.9 Å². The fourth-order valence-corrected chi connectivity index (χ4v) is 1.15. The molecule has 2 N–H and O–H groups in total. The minimum atomic E-state index is -1.73. The summed E-state index contributed by atoms with van der Waals surface area (Å²) in [6, 6.07) is 8.99. The van der Waals surface area contributed by atoms with Gasteiger partial charge in [-0.25, -0.2) is 9.59 Å².